The minimum Gasteiger partial charge on any atom is -0.476 e. The zero-order valence-corrected chi connectivity index (χ0v) is 17.3. The van der Waals surface area contributed by atoms with Crippen LogP contribution in [0.25, 0.3) is 11.3 Å². The molecule has 0 aliphatic rings. The molecule has 2 aromatic heterocycles. The Labute approximate surface area is 181 Å². The number of ether oxygens (including phenoxy) is 1. The van der Waals surface area contributed by atoms with Gasteiger partial charge in [0.1, 0.15) is 12.3 Å². The lowest BCUT2D eigenvalue weighted by Crippen LogP contribution is -2.09. The molecule has 1 N–H and O–H groups in total. The summed E-state index contributed by atoms with van der Waals surface area (Å²) in [4.78, 5) is 4.14. The van der Waals surface area contributed by atoms with Crippen molar-refractivity contribution in [2.45, 2.75) is 13.5 Å². The van der Waals surface area contributed by atoms with Crippen molar-refractivity contribution < 1.29 is 4.74 Å². The highest BCUT2D eigenvalue weighted by Crippen LogP contribution is 2.21. The summed E-state index contributed by atoms with van der Waals surface area (Å²) in [5, 5.41) is 11.8. The number of hydrogen-bond acceptors (Lipinski definition) is 5. The molecule has 31 heavy (non-hydrogen) atoms. The van der Waals surface area contributed by atoms with Gasteiger partial charge in [0, 0.05) is 29.1 Å². The van der Waals surface area contributed by atoms with E-state index < -0.39 is 0 Å². The molecule has 0 fully saturated rings. The number of rotatable bonds is 7. The molecule has 2 aromatic carbocycles. The van der Waals surface area contributed by atoms with Crippen LogP contribution >= 0.6 is 0 Å². The molecule has 0 bridgehead atoms. The lowest BCUT2D eigenvalue weighted by molar-refractivity contribution is 0.279. The SMILES string of the molecule is Cc1cc(C#CCNc2ccccc2)ccc1-c1cn(CCOc2ccccn2)nn1. The highest BCUT2D eigenvalue weighted by atomic mass is 16.5. The van der Waals surface area contributed by atoms with Crippen molar-refractivity contribution in [3.05, 3.63) is 90.3 Å². The standard InChI is InChI=1S/C25H23N5O/c1-20-18-21(8-7-15-26-22-9-3-2-4-10-22)12-13-23(20)24-19-30(29-28-24)16-17-31-25-11-5-6-14-27-25/h2-6,9-14,18-19,26H,15-17H2,1H3. The van der Waals surface area contributed by atoms with Gasteiger partial charge in [0.25, 0.3) is 0 Å². The Bertz CT molecular complexity index is 1180. The number of benzene rings is 2. The Kier molecular flexibility index (Phi) is 6.56. The van der Waals surface area contributed by atoms with Crippen LogP contribution in [0.4, 0.5) is 5.69 Å². The van der Waals surface area contributed by atoms with Gasteiger partial charge in [-0.15, -0.1) is 5.10 Å². The number of aryl methyl sites for hydroxylation is 1. The van der Waals surface area contributed by atoms with E-state index in [1.807, 2.05) is 66.9 Å². The van der Waals surface area contributed by atoms with Gasteiger partial charge in [0.05, 0.1) is 19.3 Å². The molecule has 6 nitrogen and oxygen atoms in total. The molecule has 0 saturated heterocycles. The van der Waals surface area contributed by atoms with E-state index in [1.165, 1.54) is 0 Å². The van der Waals surface area contributed by atoms with Gasteiger partial charge < -0.3 is 10.1 Å². The van der Waals surface area contributed by atoms with Crippen molar-refractivity contribution in [2.24, 2.45) is 0 Å². The molecule has 0 aliphatic carbocycles. The van der Waals surface area contributed by atoms with Crippen LogP contribution in [-0.2, 0) is 6.54 Å². The molecule has 0 radical (unpaired) electrons. The molecule has 0 atom stereocenters. The maximum atomic E-state index is 5.62. The van der Waals surface area contributed by atoms with Crippen LogP contribution in [0.3, 0.4) is 0 Å². The van der Waals surface area contributed by atoms with Crippen LogP contribution < -0.4 is 10.1 Å². The predicted molar refractivity (Wildman–Crippen MR) is 122 cm³/mol. The fraction of sp³-hybridized carbons (Fsp3) is 0.160. The number of pyridine rings is 1. The number of anilines is 1. The average Bonchev–Trinajstić information content (AvgIpc) is 3.27. The van der Waals surface area contributed by atoms with Crippen molar-refractivity contribution in [1.29, 1.82) is 0 Å². The summed E-state index contributed by atoms with van der Waals surface area (Å²) in [6.07, 6.45) is 3.64. The van der Waals surface area contributed by atoms with E-state index in [0.29, 0.717) is 25.6 Å². The van der Waals surface area contributed by atoms with Crippen molar-refractivity contribution >= 4 is 5.69 Å². The highest BCUT2D eigenvalue weighted by molar-refractivity contribution is 5.64. The first-order valence-corrected chi connectivity index (χ1v) is 10.1. The number of aromatic nitrogens is 4. The van der Waals surface area contributed by atoms with E-state index in [9.17, 15) is 0 Å². The van der Waals surface area contributed by atoms with Gasteiger partial charge in [-0.1, -0.05) is 47.4 Å². The minimum absolute atomic E-state index is 0.477. The summed E-state index contributed by atoms with van der Waals surface area (Å²) in [5.41, 5.74) is 5.04. The lowest BCUT2D eigenvalue weighted by Gasteiger charge is -2.04. The molecule has 0 aliphatic heterocycles. The summed E-state index contributed by atoms with van der Waals surface area (Å²) < 4.78 is 7.40. The third-order valence-corrected chi connectivity index (χ3v) is 4.64. The summed E-state index contributed by atoms with van der Waals surface area (Å²) >= 11 is 0. The normalized spacial score (nSPS) is 10.2. The van der Waals surface area contributed by atoms with Crippen molar-refractivity contribution in [3.63, 3.8) is 0 Å². The quantitative estimate of drug-likeness (QED) is 0.464. The summed E-state index contributed by atoms with van der Waals surface area (Å²) in [7, 11) is 0. The van der Waals surface area contributed by atoms with E-state index in [0.717, 1.165) is 28.1 Å². The first-order valence-electron chi connectivity index (χ1n) is 10.1. The molecule has 0 spiro atoms. The minimum atomic E-state index is 0.477. The largest absolute Gasteiger partial charge is 0.476 e. The Morgan fingerprint density at radius 2 is 1.90 bits per heavy atom. The van der Waals surface area contributed by atoms with Gasteiger partial charge in [-0.2, -0.15) is 0 Å². The Balaban J connectivity index is 1.33. The smallest absolute Gasteiger partial charge is 0.213 e. The van der Waals surface area contributed by atoms with Gasteiger partial charge in [-0.25, -0.2) is 9.67 Å². The molecule has 0 unspecified atom stereocenters. The van der Waals surface area contributed by atoms with Gasteiger partial charge in [0.2, 0.25) is 5.88 Å². The fourth-order valence-corrected chi connectivity index (χ4v) is 3.08. The number of para-hydroxylation sites is 1. The van der Waals surface area contributed by atoms with Crippen molar-refractivity contribution in [1.82, 2.24) is 20.0 Å². The molecule has 4 rings (SSSR count). The lowest BCUT2D eigenvalue weighted by atomic mass is 10.0. The predicted octanol–water partition coefficient (Wildman–Crippen LogP) is 4.19. The number of nitrogens with one attached hydrogen (secondary N) is 1. The number of nitrogens with zero attached hydrogens (tertiary/aromatic N) is 4. The van der Waals surface area contributed by atoms with Crippen molar-refractivity contribution in [2.75, 3.05) is 18.5 Å². The van der Waals surface area contributed by atoms with Crippen LogP contribution in [0.5, 0.6) is 5.88 Å². The molecular weight excluding hydrogens is 386 g/mol. The molecule has 4 aromatic rings. The van der Waals surface area contributed by atoms with Crippen LogP contribution in [0.2, 0.25) is 0 Å². The Morgan fingerprint density at radius 3 is 2.71 bits per heavy atom. The first-order chi connectivity index (χ1) is 15.3. The zero-order valence-electron chi connectivity index (χ0n) is 17.3. The van der Waals surface area contributed by atoms with Crippen LogP contribution in [0.15, 0.2) is 79.1 Å². The van der Waals surface area contributed by atoms with Gasteiger partial charge >= 0.3 is 0 Å². The third kappa shape index (κ3) is 5.71. The second-order valence-electron chi connectivity index (χ2n) is 6.93. The Morgan fingerprint density at radius 1 is 1.03 bits per heavy atom. The number of hydrogen-bond donors (Lipinski definition) is 1. The van der Waals surface area contributed by atoms with Gasteiger partial charge in [0.15, 0.2) is 0 Å². The fourth-order valence-electron chi connectivity index (χ4n) is 3.08. The second kappa shape index (κ2) is 10.1. The monoisotopic (exact) mass is 409 g/mol. The van der Waals surface area contributed by atoms with Crippen LogP contribution in [0, 0.1) is 18.8 Å². The van der Waals surface area contributed by atoms with Crippen molar-refractivity contribution in [3.8, 4) is 29.0 Å². The molecule has 0 amide bonds. The second-order valence-corrected chi connectivity index (χ2v) is 6.93. The molecule has 6 heteroatoms. The first kappa shape index (κ1) is 20.2. The van der Waals surface area contributed by atoms with E-state index in [4.69, 9.17) is 4.74 Å². The van der Waals surface area contributed by atoms with Crippen LogP contribution in [0.1, 0.15) is 11.1 Å². The van der Waals surface area contributed by atoms with E-state index >= 15 is 0 Å². The maximum absolute atomic E-state index is 5.62. The highest BCUT2D eigenvalue weighted by Gasteiger charge is 2.07. The third-order valence-electron chi connectivity index (χ3n) is 4.64. The van der Waals surface area contributed by atoms with Crippen LogP contribution in [-0.4, -0.2) is 33.1 Å². The molecule has 2 heterocycles. The summed E-state index contributed by atoms with van der Waals surface area (Å²) in [6.45, 7) is 3.73. The maximum Gasteiger partial charge on any atom is 0.213 e. The van der Waals surface area contributed by atoms with Gasteiger partial charge in [-0.05, 0) is 42.8 Å². The summed E-state index contributed by atoms with van der Waals surface area (Å²) in [6, 6.07) is 21.8. The topological polar surface area (TPSA) is 64.9 Å². The van der Waals surface area contributed by atoms with E-state index in [2.05, 4.69) is 45.4 Å². The summed E-state index contributed by atoms with van der Waals surface area (Å²) in [5.74, 6) is 6.98. The Hall–Kier alpha value is -4.11. The molecule has 154 valence electrons. The zero-order chi connectivity index (χ0) is 21.3. The molecular formula is C25H23N5O. The average molecular weight is 409 g/mol. The van der Waals surface area contributed by atoms with E-state index in [1.54, 1.807) is 10.9 Å². The van der Waals surface area contributed by atoms with Gasteiger partial charge in [-0.3, -0.25) is 0 Å². The van der Waals surface area contributed by atoms with E-state index in [-0.39, 0.29) is 0 Å². The molecule has 0 saturated carbocycles.